The molecule has 3 heterocycles. The van der Waals surface area contributed by atoms with Crippen molar-refractivity contribution in [2.24, 2.45) is 0 Å². The number of hydrogen-bond donors (Lipinski definition) is 2. The van der Waals surface area contributed by atoms with Crippen LogP contribution in [-0.2, 0) is 16.1 Å². The summed E-state index contributed by atoms with van der Waals surface area (Å²) in [6.07, 6.45) is 4.31. The molecule has 0 spiro atoms. The third kappa shape index (κ3) is 4.77. The van der Waals surface area contributed by atoms with Crippen molar-refractivity contribution in [2.45, 2.75) is 38.9 Å². The van der Waals surface area contributed by atoms with Crippen LogP contribution in [0.2, 0.25) is 0 Å². The lowest BCUT2D eigenvalue weighted by Crippen LogP contribution is -2.30. The molecule has 2 atom stereocenters. The quantitative estimate of drug-likeness (QED) is 0.484. The molecule has 0 bridgehead atoms. The average Bonchev–Trinajstić information content (AvgIpc) is 3.43. The summed E-state index contributed by atoms with van der Waals surface area (Å²) in [5.41, 5.74) is 4.80. The Labute approximate surface area is 199 Å². The van der Waals surface area contributed by atoms with Gasteiger partial charge in [0.25, 0.3) is 0 Å². The number of amides is 1. The molecule has 2 N–H and O–H groups in total. The van der Waals surface area contributed by atoms with E-state index in [0.29, 0.717) is 18.1 Å². The van der Waals surface area contributed by atoms with Crippen LogP contribution in [0.25, 0.3) is 0 Å². The van der Waals surface area contributed by atoms with E-state index < -0.39 is 0 Å². The van der Waals surface area contributed by atoms with E-state index in [9.17, 15) is 4.79 Å². The van der Waals surface area contributed by atoms with Crippen molar-refractivity contribution in [3.05, 3.63) is 77.9 Å². The van der Waals surface area contributed by atoms with Crippen molar-refractivity contribution in [1.29, 1.82) is 0 Å². The van der Waals surface area contributed by atoms with Crippen molar-refractivity contribution in [1.82, 2.24) is 14.9 Å². The Morgan fingerprint density at radius 1 is 1.24 bits per heavy atom. The zero-order valence-corrected chi connectivity index (χ0v) is 19.9. The smallest absolute Gasteiger partial charge is 0.224 e. The second-order valence-electron chi connectivity index (χ2n) is 8.02. The number of pyridine rings is 1. The van der Waals surface area contributed by atoms with Crippen molar-refractivity contribution in [3.63, 3.8) is 0 Å². The predicted octanol–water partition coefficient (Wildman–Crippen LogP) is 4.36. The van der Waals surface area contributed by atoms with Crippen LogP contribution in [0.4, 0.5) is 11.4 Å². The molecule has 7 nitrogen and oxygen atoms in total. The Balaban J connectivity index is 1.76. The van der Waals surface area contributed by atoms with E-state index in [4.69, 9.17) is 17.0 Å². The van der Waals surface area contributed by atoms with E-state index in [1.54, 1.807) is 13.3 Å². The summed E-state index contributed by atoms with van der Waals surface area (Å²) in [6.45, 7) is 5.19. The van der Waals surface area contributed by atoms with E-state index in [2.05, 4.69) is 49.5 Å². The number of methoxy groups -OCH3 is 1. The summed E-state index contributed by atoms with van der Waals surface area (Å²) in [5.74, 6) is -0.00623. The standard InChI is InChI=1S/C25H29N5O2S/c1-4-22(31)27-19-11-10-18(16-17(19)2)30-24(21-9-7-13-29(21)14-15-32-3)23(28-25(30)33)20-8-5-6-12-26-20/h5-13,16,23-24H,4,14-15H2,1-3H3,(H,27,31)(H,28,33)/t23-,24-/m0/s1. The molecule has 33 heavy (non-hydrogen) atoms. The lowest BCUT2D eigenvalue weighted by Gasteiger charge is -2.29. The van der Waals surface area contributed by atoms with Crippen molar-refractivity contribution < 1.29 is 9.53 Å². The maximum absolute atomic E-state index is 11.9. The van der Waals surface area contributed by atoms with E-state index in [-0.39, 0.29) is 18.0 Å². The number of ether oxygens (including phenoxy) is 1. The van der Waals surface area contributed by atoms with Crippen molar-refractivity contribution in [2.75, 3.05) is 23.9 Å². The SMILES string of the molecule is CCC(=O)Nc1ccc(N2C(=S)N[C@@H](c3ccccn3)[C@@H]2c2cccn2CCOC)cc1C. The average molecular weight is 464 g/mol. The highest BCUT2D eigenvalue weighted by Crippen LogP contribution is 2.42. The fourth-order valence-corrected chi connectivity index (χ4v) is 4.54. The first-order valence-electron chi connectivity index (χ1n) is 11.1. The molecule has 0 radical (unpaired) electrons. The number of benzene rings is 1. The van der Waals surface area contributed by atoms with E-state index in [0.717, 1.165) is 34.9 Å². The number of carbonyl (C=O) groups excluding carboxylic acids is 1. The molecule has 4 rings (SSSR count). The summed E-state index contributed by atoms with van der Waals surface area (Å²) in [7, 11) is 1.71. The van der Waals surface area contributed by atoms with E-state index >= 15 is 0 Å². The monoisotopic (exact) mass is 463 g/mol. The summed E-state index contributed by atoms with van der Waals surface area (Å²) >= 11 is 5.83. The zero-order chi connectivity index (χ0) is 23.4. The number of rotatable bonds is 8. The Bertz CT molecular complexity index is 1130. The number of nitrogens with zero attached hydrogens (tertiary/aromatic N) is 3. The van der Waals surface area contributed by atoms with Crippen LogP contribution in [0.15, 0.2) is 60.9 Å². The largest absolute Gasteiger partial charge is 0.383 e. The van der Waals surface area contributed by atoms with Gasteiger partial charge in [0.1, 0.15) is 6.04 Å². The van der Waals surface area contributed by atoms with Gasteiger partial charge in [-0.2, -0.15) is 0 Å². The van der Waals surface area contributed by atoms with Crippen LogP contribution in [0.1, 0.15) is 42.4 Å². The molecule has 1 fully saturated rings. The van der Waals surface area contributed by atoms with Gasteiger partial charge in [-0.25, -0.2) is 0 Å². The van der Waals surface area contributed by atoms with Crippen LogP contribution in [-0.4, -0.2) is 34.3 Å². The molecule has 0 aliphatic carbocycles. The molecule has 3 aromatic rings. The van der Waals surface area contributed by atoms with Gasteiger partial charge in [0.15, 0.2) is 5.11 Å². The maximum atomic E-state index is 11.9. The molecular weight excluding hydrogens is 434 g/mol. The Morgan fingerprint density at radius 2 is 2.09 bits per heavy atom. The van der Waals surface area contributed by atoms with Gasteiger partial charge in [-0.15, -0.1) is 0 Å². The molecule has 1 amide bonds. The lowest BCUT2D eigenvalue weighted by molar-refractivity contribution is -0.115. The first-order valence-corrected chi connectivity index (χ1v) is 11.5. The van der Waals surface area contributed by atoms with Crippen LogP contribution in [0, 0.1) is 6.92 Å². The molecule has 172 valence electrons. The number of nitrogens with one attached hydrogen (secondary N) is 2. The van der Waals surface area contributed by atoms with Gasteiger partial charge in [-0.1, -0.05) is 13.0 Å². The second kappa shape index (κ2) is 10.1. The van der Waals surface area contributed by atoms with Gasteiger partial charge in [-0.05, 0) is 67.2 Å². The molecule has 1 saturated heterocycles. The van der Waals surface area contributed by atoms with Crippen LogP contribution in [0.5, 0.6) is 0 Å². The molecule has 0 saturated carbocycles. The normalized spacial score (nSPS) is 17.8. The number of anilines is 2. The van der Waals surface area contributed by atoms with Crippen LogP contribution >= 0.6 is 12.2 Å². The van der Waals surface area contributed by atoms with Crippen molar-refractivity contribution >= 4 is 34.6 Å². The maximum Gasteiger partial charge on any atom is 0.224 e. The number of aryl methyl sites for hydroxylation is 1. The Morgan fingerprint density at radius 3 is 2.79 bits per heavy atom. The molecular formula is C25H29N5O2S. The van der Waals surface area contributed by atoms with Crippen LogP contribution in [0.3, 0.4) is 0 Å². The minimum Gasteiger partial charge on any atom is -0.383 e. The predicted molar refractivity (Wildman–Crippen MR) is 134 cm³/mol. The fourth-order valence-electron chi connectivity index (χ4n) is 4.20. The van der Waals surface area contributed by atoms with Crippen LogP contribution < -0.4 is 15.5 Å². The second-order valence-corrected chi connectivity index (χ2v) is 8.40. The summed E-state index contributed by atoms with van der Waals surface area (Å²) in [4.78, 5) is 18.6. The highest BCUT2D eigenvalue weighted by Gasteiger charge is 2.42. The zero-order valence-electron chi connectivity index (χ0n) is 19.1. The fraction of sp³-hybridized carbons (Fsp3) is 0.320. The first kappa shape index (κ1) is 22.9. The topological polar surface area (TPSA) is 71.4 Å². The minimum atomic E-state index is -0.116. The van der Waals surface area contributed by atoms with E-state index in [1.807, 2.05) is 44.2 Å². The van der Waals surface area contributed by atoms with Gasteiger partial charge in [0, 0.05) is 49.5 Å². The highest BCUT2D eigenvalue weighted by molar-refractivity contribution is 7.80. The van der Waals surface area contributed by atoms with Gasteiger partial charge in [-0.3, -0.25) is 9.78 Å². The molecule has 1 aromatic carbocycles. The number of carbonyl (C=O) groups is 1. The highest BCUT2D eigenvalue weighted by atomic mass is 32.1. The third-order valence-corrected chi connectivity index (χ3v) is 6.20. The van der Waals surface area contributed by atoms with Crippen molar-refractivity contribution in [3.8, 4) is 0 Å². The van der Waals surface area contributed by atoms with Gasteiger partial charge in [0.2, 0.25) is 5.91 Å². The molecule has 2 aromatic heterocycles. The summed E-state index contributed by atoms with van der Waals surface area (Å²) in [6, 6.07) is 15.9. The molecule has 1 aliphatic heterocycles. The molecule has 8 heteroatoms. The van der Waals surface area contributed by atoms with Gasteiger partial charge in [0.05, 0.1) is 18.3 Å². The summed E-state index contributed by atoms with van der Waals surface area (Å²) < 4.78 is 7.53. The lowest BCUT2D eigenvalue weighted by atomic mass is 10.0. The number of thiocarbonyl (C=S) groups is 1. The number of hydrogen-bond acceptors (Lipinski definition) is 4. The number of aromatic nitrogens is 2. The van der Waals surface area contributed by atoms with Gasteiger partial charge >= 0.3 is 0 Å². The van der Waals surface area contributed by atoms with E-state index in [1.165, 1.54) is 0 Å². The minimum absolute atomic E-state index is 0.00623. The summed E-state index contributed by atoms with van der Waals surface area (Å²) in [5, 5.41) is 7.10. The first-order chi connectivity index (χ1) is 16.0. The van der Waals surface area contributed by atoms with Gasteiger partial charge < -0.3 is 24.8 Å². The Hall–Kier alpha value is -3.23. The third-order valence-electron chi connectivity index (χ3n) is 5.89. The Kier molecular flexibility index (Phi) is 7.05. The molecule has 1 aliphatic rings. The molecule has 0 unspecified atom stereocenters.